The molecule has 0 aromatic heterocycles. The second-order valence-corrected chi connectivity index (χ2v) is 6.76. The molecule has 0 bridgehead atoms. The maximum Gasteiger partial charge on any atom is 0.238 e. The van der Waals surface area contributed by atoms with Gasteiger partial charge >= 0.3 is 0 Å². The van der Waals surface area contributed by atoms with Crippen LogP contribution in [0.1, 0.15) is 31.7 Å². The lowest BCUT2D eigenvalue weighted by molar-refractivity contribution is -0.118. The summed E-state index contributed by atoms with van der Waals surface area (Å²) in [5, 5.41) is 2.97. The van der Waals surface area contributed by atoms with E-state index in [1.54, 1.807) is 0 Å². The van der Waals surface area contributed by atoms with Crippen LogP contribution < -0.4 is 11.1 Å². The zero-order chi connectivity index (χ0) is 15.4. The van der Waals surface area contributed by atoms with Crippen LogP contribution in [0, 0.1) is 6.92 Å². The minimum Gasteiger partial charge on any atom is -0.327 e. The Kier molecular flexibility index (Phi) is 7.83. The van der Waals surface area contributed by atoms with Crippen molar-refractivity contribution >= 4 is 39.9 Å². The zero-order valence-corrected chi connectivity index (χ0v) is 15.5. The van der Waals surface area contributed by atoms with Gasteiger partial charge in [0.15, 0.2) is 0 Å². The van der Waals surface area contributed by atoms with Crippen molar-refractivity contribution in [1.29, 1.82) is 0 Å². The number of carbonyl (C=O) groups is 1. The lowest BCUT2D eigenvalue weighted by Crippen LogP contribution is -2.51. The third-order valence-electron chi connectivity index (χ3n) is 4.06. The predicted octanol–water partition coefficient (Wildman–Crippen LogP) is 3.32. The number of hydrogen-bond donors (Lipinski definition) is 2. The Bertz CT molecular complexity index is 510. The number of rotatable bonds is 4. The van der Waals surface area contributed by atoms with E-state index in [1.807, 2.05) is 32.0 Å². The molecule has 0 aliphatic carbocycles. The molecule has 1 aliphatic rings. The molecule has 0 spiro atoms. The highest BCUT2D eigenvalue weighted by Crippen LogP contribution is 2.21. The van der Waals surface area contributed by atoms with Crippen LogP contribution in [0.4, 0.5) is 5.69 Å². The summed E-state index contributed by atoms with van der Waals surface area (Å²) in [4.78, 5) is 14.5. The number of amides is 1. The van der Waals surface area contributed by atoms with E-state index in [2.05, 4.69) is 26.1 Å². The van der Waals surface area contributed by atoms with Crippen LogP contribution in [0.5, 0.6) is 0 Å². The average molecular weight is 391 g/mol. The lowest BCUT2D eigenvalue weighted by atomic mass is 9.97. The number of anilines is 1. The first kappa shape index (κ1) is 19.4. The Morgan fingerprint density at radius 3 is 2.86 bits per heavy atom. The molecule has 2 atom stereocenters. The van der Waals surface area contributed by atoms with E-state index in [-0.39, 0.29) is 24.4 Å². The Balaban J connectivity index is 0.00000242. The van der Waals surface area contributed by atoms with Crippen LogP contribution in [-0.2, 0) is 4.79 Å². The highest BCUT2D eigenvalue weighted by atomic mass is 79.9. The summed E-state index contributed by atoms with van der Waals surface area (Å²) in [5.74, 6) is 0.0317. The Morgan fingerprint density at radius 1 is 1.50 bits per heavy atom. The van der Waals surface area contributed by atoms with Crippen LogP contribution in [0.25, 0.3) is 0 Å². The molecule has 3 N–H and O–H groups in total. The van der Waals surface area contributed by atoms with Crippen LogP contribution in [0.15, 0.2) is 22.7 Å². The number of carbonyl (C=O) groups excluding carboxylic acids is 1. The predicted molar refractivity (Wildman–Crippen MR) is 97.6 cm³/mol. The summed E-state index contributed by atoms with van der Waals surface area (Å²) in [6.45, 7) is 5.41. The van der Waals surface area contributed by atoms with Crippen molar-refractivity contribution in [2.75, 3.05) is 18.4 Å². The van der Waals surface area contributed by atoms with Crippen LogP contribution in [0.2, 0.25) is 0 Å². The van der Waals surface area contributed by atoms with E-state index in [0.717, 1.165) is 35.1 Å². The summed E-state index contributed by atoms with van der Waals surface area (Å²) in [7, 11) is 0. The number of hydrogen-bond acceptors (Lipinski definition) is 3. The summed E-state index contributed by atoms with van der Waals surface area (Å²) >= 11 is 3.46. The SMILES string of the molecule is Cc1cc(NC(=O)CN2CCCCC2C(C)N)ccc1Br.Cl. The molecule has 2 unspecified atom stereocenters. The molecular formula is C16H25BrClN3O. The number of halogens is 2. The molecule has 1 fully saturated rings. The van der Waals surface area contributed by atoms with Crippen molar-refractivity contribution in [1.82, 2.24) is 4.90 Å². The molecule has 0 saturated carbocycles. The minimum absolute atomic E-state index is 0. The molecule has 1 aromatic carbocycles. The lowest BCUT2D eigenvalue weighted by Gasteiger charge is -2.37. The zero-order valence-electron chi connectivity index (χ0n) is 13.1. The highest BCUT2D eigenvalue weighted by molar-refractivity contribution is 9.10. The van der Waals surface area contributed by atoms with Crippen molar-refractivity contribution in [2.24, 2.45) is 5.73 Å². The second kappa shape index (κ2) is 8.87. The number of benzene rings is 1. The molecule has 1 amide bonds. The first-order chi connectivity index (χ1) is 9.97. The monoisotopic (exact) mass is 389 g/mol. The molecule has 6 heteroatoms. The molecule has 22 heavy (non-hydrogen) atoms. The quantitative estimate of drug-likeness (QED) is 0.829. The summed E-state index contributed by atoms with van der Waals surface area (Å²) in [6, 6.07) is 6.26. The van der Waals surface area contributed by atoms with Crippen LogP contribution in [0.3, 0.4) is 0 Å². The smallest absolute Gasteiger partial charge is 0.238 e. The topological polar surface area (TPSA) is 58.4 Å². The van der Waals surface area contributed by atoms with Crippen molar-refractivity contribution in [3.05, 3.63) is 28.2 Å². The molecule has 1 heterocycles. The van der Waals surface area contributed by atoms with E-state index < -0.39 is 0 Å². The summed E-state index contributed by atoms with van der Waals surface area (Å²) in [5.41, 5.74) is 8.00. The van der Waals surface area contributed by atoms with Gasteiger partial charge in [-0.1, -0.05) is 22.4 Å². The number of nitrogens with one attached hydrogen (secondary N) is 1. The molecule has 2 rings (SSSR count). The van der Waals surface area contributed by atoms with E-state index >= 15 is 0 Å². The van der Waals surface area contributed by atoms with Gasteiger partial charge in [-0.15, -0.1) is 12.4 Å². The molecule has 1 saturated heterocycles. The standard InChI is InChI=1S/C16H24BrN3O.ClH/c1-11-9-13(6-7-14(11)17)19-16(21)10-20-8-4-3-5-15(20)12(2)18;/h6-7,9,12,15H,3-5,8,10,18H2,1-2H3,(H,19,21);1H. The fraction of sp³-hybridized carbons (Fsp3) is 0.562. The normalized spacial score (nSPS) is 20.1. The third-order valence-corrected chi connectivity index (χ3v) is 4.95. The molecular weight excluding hydrogens is 366 g/mol. The largest absolute Gasteiger partial charge is 0.327 e. The Hall–Kier alpha value is -0.620. The molecule has 124 valence electrons. The van der Waals surface area contributed by atoms with Gasteiger partial charge < -0.3 is 11.1 Å². The van der Waals surface area contributed by atoms with Gasteiger partial charge in [-0.25, -0.2) is 0 Å². The highest BCUT2D eigenvalue weighted by Gasteiger charge is 2.26. The number of likely N-dealkylation sites (tertiary alicyclic amines) is 1. The van der Waals surface area contributed by atoms with Crippen molar-refractivity contribution in [3.63, 3.8) is 0 Å². The van der Waals surface area contributed by atoms with Gasteiger partial charge in [0, 0.05) is 22.2 Å². The molecule has 1 aromatic rings. The van der Waals surface area contributed by atoms with Gasteiger partial charge in [-0.05, 0) is 57.0 Å². The molecule has 1 aliphatic heterocycles. The van der Waals surface area contributed by atoms with Gasteiger partial charge in [0.25, 0.3) is 0 Å². The average Bonchev–Trinajstić information content (AvgIpc) is 2.43. The van der Waals surface area contributed by atoms with E-state index in [1.165, 1.54) is 6.42 Å². The van der Waals surface area contributed by atoms with Gasteiger partial charge in [-0.3, -0.25) is 9.69 Å². The van der Waals surface area contributed by atoms with E-state index in [9.17, 15) is 4.79 Å². The fourth-order valence-corrected chi connectivity index (χ4v) is 3.16. The van der Waals surface area contributed by atoms with E-state index in [4.69, 9.17) is 5.73 Å². The molecule has 0 radical (unpaired) electrons. The van der Waals surface area contributed by atoms with E-state index in [0.29, 0.717) is 12.6 Å². The van der Waals surface area contributed by atoms with Crippen molar-refractivity contribution < 1.29 is 4.79 Å². The first-order valence-corrected chi connectivity index (χ1v) is 8.32. The number of aryl methyl sites for hydroxylation is 1. The van der Waals surface area contributed by atoms with Gasteiger partial charge in [-0.2, -0.15) is 0 Å². The van der Waals surface area contributed by atoms with Crippen LogP contribution >= 0.6 is 28.3 Å². The number of piperidine rings is 1. The van der Waals surface area contributed by atoms with Crippen molar-refractivity contribution in [2.45, 2.75) is 45.2 Å². The second-order valence-electron chi connectivity index (χ2n) is 5.90. The minimum atomic E-state index is 0. The maximum atomic E-state index is 12.2. The van der Waals surface area contributed by atoms with Gasteiger partial charge in [0.1, 0.15) is 0 Å². The fourth-order valence-electron chi connectivity index (χ4n) is 2.92. The summed E-state index contributed by atoms with van der Waals surface area (Å²) in [6.07, 6.45) is 3.44. The van der Waals surface area contributed by atoms with Gasteiger partial charge in [0.05, 0.1) is 6.54 Å². The Morgan fingerprint density at radius 2 is 2.23 bits per heavy atom. The third kappa shape index (κ3) is 5.23. The van der Waals surface area contributed by atoms with Gasteiger partial charge in [0.2, 0.25) is 5.91 Å². The van der Waals surface area contributed by atoms with Crippen molar-refractivity contribution in [3.8, 4) is 0 Å². The first-order valence-electron chi connectivity index (χ1n) is 7.53. The maximum absolute atomic E-state index is 12.2. The van der Waals surface area contributed by atoms with Crippen LogP contribution in [-0.4, -0.2) is 36.0 Å². The number of nitrogens with zero attached hydrogens (tertiary/aromatic N) is 1. The molecule has 4 nitrogen and oxygen atoms in total. The number of nitrogens with two attached hydrogens (primary N) is 1. The summed E-state index contributed by atoms with van der Waals surface area (Å²) < 4.78 is 1.05. The Labute approximate surface area is 147 Å².